The number of hydrogen-bond donors (Lipinski definition) is 1. The molecule has 0 saturated carbocycles. The molecule has 0 unspecified atom stereocenters. The van der Waals surface area contributed by atoms with Gasteiger partial charge in [-0.05, 0) is 19.4 Å². The first-order valence-corrected chi connectivity index (χ1v) is 5.77. The maximum Gasteiger partial charge on any atom is 0.154 e. The first kappa shape index (κ1) is 12.9. The average Bonchev–Trinajstić information content (AvgIpc) is 2.27. The summed E-state index contributed by atoms with van der Waals surface area (Å²) in [5.41, 5.74) is 0.747. The lowest BCUT2D eigenvalue weighted by Gasteiger charge is -2.26. The van der Waals surface area contributed by atoms with E-state index in [0.29, 0.717) is 0 Å². The van der Waals surface area contributed by atoms with Crippen molar-refractivity contribution >= 4 is 5.78 Å². The van der Waals surface area contributed by atoms with E-state index < -0.39 is 5.54 Å². The van der Waals surface area contributed by atoms with E-state index >= 15 is 0 Å². The summed E-state index contributed by atoms with van der Waals surface area (Å²) in [7, 11) is 0. The number of ketones is 1. The summed E-state index contributed by atoms with van der Waals surface area (Å²) < 4.78 is 0. The molecule has 1 N–H and O–H groups in total. The molecule has 1 aromatic rings. The molecule has 2 nitrogen and oxygen atoms in total. The molecule has 0 aromatic heterocycles. The van der Waals surface area contributed by atoms with Gasteiger partial charge in [0.2, 0.25) is 0 Å². The lowest BCUT2D eigenvalue weighted by molar-refractivity contribution is -0.127. The number of Topliss-reactive ketones (excluding diaryl/α,β-unsaturated/α-hetero) is 1. The smallest absolute Gasteiger partial charge is 0.154 e. The third-order valence-electron chi connectivity index (χ3n) is 2.72. The van der Waals surface area contributed by atoms with Crippen LogP contribution in [0.4, 0.5) is 0 Å². The van der Waals surface area contributed by atoms with Crippen LogP contribution in [-0.4, -0.2) is 11.3 Å². The molecule has 0 amide bonds. The van der Waals surface area contributed by atoms with Crippen LogP contribution in [0.2, 0.25) is 0 Å². The zero-order valence-corrected chi connectivity index (χ0v) is 10.6. The number of rotatable bonds is 5. The molecule has 16 heavy (non-hydrogen) atoms. The molecule has 0 bridgehead atoms. The Balaban J connectivity index is 2.58. The maximum atomic E-state index is 11.9. The first-order valence-electron chi connectivity index (χ1n) is 5.77. The molecule has 0 fully saturated rings. The summed E-state index contributed by atoms with van der Waals surface area (Å²) >= 11 is 0. The largest absolute Gasteiger partial charge is 0.301 e. The molecule has 0 aliphatic rings. The zero-order valence-electron chi connectivity index (χ0n) is 10.6. The predicted molar refractivity (Wildman–Crippen MR) is 67.2 cm³/mol. The molecule has 0 saturated heterocycles. The van der Waals surface area contributed by atoms with Crippen LogP contribution >= 0.6 is 0 Å². The highest BCUT2D eigenvalue weighted by Gasteiger charge is 2.28. The summed E-state index contributed by atoms with van der Waals surface area (Å²) in [6, 6.07) is 10.1. The Morgan fingerprint density at radius 2 is 1.81 bits per heavy atom. The standard InChI is InChI=1S/C14H21NO/c1-11(2)13(16)14(3,4)15-10-12-8-6-5-7-9-12/h5-9,11,15H,10H2,1-4H3. The summed E-state index contributed by atoms with van der Waals surface area (Å²) in [6.45, 7) is 8.49. The van der Waals surface area contributed by atoms with Gasteiger partial charge in [-0.2, -0.15) is 0 Å². The van der Waals surface area contributed by atoms with Crippen LogP contribution in [0.25, 0.3) is 0 Å². The van der Waals surface area contributed by atoms with Crippen LogP contribution in [0.1, 0.15) is 33.3 Å². The normalized spacial score (nSPS) is 11.8. The minimum atomic E-state index is -0.454. The number of carbonyl (C=O) groups excluding carboxylic acids is 1. The Bertz CT molecular complexity index is 341. The molecule has 0 heterocycles. The first-order chi connectivity index (χ1) is 7.43. The van der Waals surface area contributed by atoms with Gasteiger partial charge in [0.15, 0.2) is 5.78 Å². The van der Waals surface area contributed by atoms with Crippen molar-refractivity contribution in [2.45, 2.75) is 39.8 Å². The second-order valence-electron chi connectivity index (χ2n) is 4.98. The zero-order chi connectivity index (χ0) is 12.2. The van der Waals surface area contributed by atoms with E-state index in [9.17, 15) is 4.79 Å². The van der Waals surface area contributed by atoms with Crippen molar-refractivity contribution in [1.82, 2.24) is 5.32 Å². The summed E-state index contributed by atoms with van der Waals surface area (Å²) in [5, 5.41) is 3.31. The summed E-state index contributed by atoms with van der Waals surface area (Å²) in [4.78, 5) is 11.9. The van der Waals surface area contributed by atoms with Crippen molar-refractivity contribution in [2.75, 3.05) is 0 Å². The predicted octanol–water partition coefficient (Wildman–Crippen LogP) is 2.78. The summed E-state index contributed by atoms with van der Waals surface area (Å²) in [5.74, 6) is 0.321. The lowest BCUT2D eigenvalue weighted by Crippen LogP contribution is -2.48. The molecule has 2 heteroatoms. The molecular formula is C14H21NO. The van der Waals surface area contributed by atoms with Crippen molar-refractivity contribution < 1.29 is 4.79 Å². The highest BCUT2D eigenvalue weighted by molar-refractivity contribution is 5.89. The van der Waals surface area contributed by atoms with Crippen LogP contribution in [-0.2, 0) is 11.3 Å². The highest BCUT2D eigenvalue weighted by Crippen LogP contribution is 2.12. The highest BCUT2D eigenvalue weighted by atomic mass is 16.1. The molecule has 0 radical (unpaired) electrons. The van der Waals surface area contributed by atoms with Crippen molar-refractivity contribution in [3.8, 4) is 0 Å². The Morgan fingerprint density at radius 1 is 1.25 bits per heavy atom. The van der Waals surface area contributed by atoms with E-state index in [0.717, 1.165) is 6.54 Å². The SMILES string of the molecule is CC(C)C(=O)C(C)(C)NCc1ccccc1. The maximum absolute atomic E-state index is 11.9. The number of hydrogen-bond acceptors (Lipinski definition) is 2. The van der Waals surface area contributed by atoms with Crippen LogP contribution in [0.3, 0.4) is 0 Å². The lowest BCUT2D eigenvalue weighted by atomic mass is 9.90. The summed E-state index contributed by atoms with van der Waals surface area (Å²) in [6.07, 6.45) is 0. The minimum Gasteiger partial charge on any atom is -0.301 e. The van der Waals surface area contributed by atoms with Gasteiger partial charge in [-0.3, -0.25) is 4.79 Å². The molecule has 0 spiro atoms. The van der Waals surface area contributed by atoms with Gasteiger partial charge >= 0.3 is 0 Å². The minimum absolute atomic E-state index is 0.0678. The molecule has 0 aliphatic heterocycles. The van der Waals surface area contributed by atoms with E-state index in [2.05, 4.69) is 17.4 Å². The fourth-order valence-electron chi connectivity index (χ4n) is 1.73. The van der Waals surface area contributed by atoms with Crippen molar-refractivity contribution in [2.24, 2.45) is 5.92 Å². The van der Waals surface area contributed by atoms with E-state index in [1.54, 1.807) is 0 Å². The van der Waals surface area contributed by atoms with Gasteiger partial charge in [0.1, 0.15) is 0 Å². The van der Waals surface area contributed by atoms with Crippen LogP contribution < -0.4 is 5.32 Å². The Hall–Kier alpha value is -1.15. The Kier molecular flexibility index (Phi) is 4.25. The van der Waals surface area contributed by atoms with Gasteiger partial charge in [-0.1, -0.05) is 44.2 Å². The van der Waals surface area contributed by atoms with Crippen molar-refractivity contribution in [3.63, 3.8) is 0 Å². The van der Waals surface area contributed by atoms with E-state index in [1.807, 2.05) is 45.9 Å². The molecule has 88 valence electrons. The number of nitrogens with one attached hydrogen (secondary N) is 1. The van der Waals surface area contributed by atoms with Gasteiger partial charge in [-0.15, -0.1) is 0 Å². The quantitative estimate of drug-likeness (QED) is 0.825. The molecule has 0 aliphatic carbocycles. The van der Waals surface area contributed by atoms with Gasteiger partial charge in [0.05, 0.1) is 5.54 Å². The van der Waals surface area contributed by atoms with Crippen molar-refractivity contribution in [1.29, 1.82) is 0 Å². The van der Waals surface area contributed by atoms with Crippen LogP contribution in [0, 0.1) is 5.92 Å². The Morgan fingerprint density at radius 3 is 2.31 bits per heavy atom. The molecular weight excluding hydrogens is 198 g/mol. The van der Waals surface area contributed by atoms with Gasteiger partial charge < -0.3 is 5.32 Å². The molecule has 1 aromatic carbocycles. The number of carbonyl (C=O) groups is 1. The topological polar surface area (TPSA) is 29.1 Å². The monoisotopic (exact) mass is 219 g/mol. The Labute approximate surface area is 98.1 Å². The fraction of sp³-hybridized carbons (Fsp3) is 0.500. The third kappa shape index (κ3) is 3.46. The molecule has 0 atom stereocenters. The van der Waals surface area contributed by atoms with Crippen molar-refractivity contribution in [3.05, 3.63) is 35.9 Å². The van der Waals surface area contributed by atoms with Crippen LogP contribution in [0.15, 0.2) is 30.3 Å². The van der Waals surface area contributed by atoms with E-state index in [-0.39, 0.29) is 11.7 Å². The van der Waals surface area contributed by atoms with Gasteiger partial charge in [-0.25, -0.2) is 0 Å². The van der Waals surface area contributed by atoms with E-state index in [1.165, 1.54) is 5.56 Å². The fourth-order valence-corrected chi connectivity index (χ4v) is 1.73. The second kappa shape index (κ2) is 5.26. The average molecular weight is 219 g/mol. The van der Waals surface area contributed by atoms with Gasteiger partial charge in [0, 0.05) is 12.5 Å². The number of benzene rings is 1. The van der Waals surface area contributed by atoms with E-state index in [4.69, 9.17) is 0 Å². The molecule has 1 rings (SSSR count). The second-order valence-corrected chi connectivity index (χ2v) is 4.98. The van der Waals surface area contributed by atoms with Crippen LogP contribution in [0.5, 0.6) is 0 Å². The van der Waals surface area contributed by atoms with Gasteiger partial charge in [0.25, 0.3) is 0 Å². The third-order valence-corrected chi connectivity index (χ3v) is 2.72.